The molecule has 2 N–H and O–H groups in total. The van der Waals surface area contributed by atoms with E-state index in [4.69, 9.17) is 10.5 Å². The number of nitrogens with zero attached hydrogens (tertiary/aromatic N) is 1. The second-order valence-corrected chi connectivity index (χ2v) is 4.06. The minimum atomic E-state index is -0.347. The van der Waals surface area contributed by atoms with Gasteiger partial charge in [-0.15, -0.1) is 0 Å². The van der Waals surface area contributed by atoms with E-state index in [1.54, 1.807) is 6.07 Å². The summed E-state index contributed by atoms with van der Waals surface area (Å²) in [6.45, 7) is 2.64. The Bertz CT molecular complexity index is 353. The number of nitrogen functional groups attached to an aromatic ring is 1. The lowest BCUT2D eigenvalue weighted by atomic mass is 10.2. The van der Waals surface area contributed by atoms with Crippen LogP contribution in [0.1, 0.15) is 49.4 Å². The predicted molar refractivity (Wildman–Crippen MR) is 67.7 cm³/mol. The molecule has 0 fully saturated rings. The standard InChI is InChI=1S/C13H20N2O2/c1-2-3-4-5-6-7-17-13(16)11-8-12(14)10-15-9-11/h8-10H,2-7,14H2,1H3. The van der Waals surface area contributed by atoms with E-state index >= 15 is 0 Å². The lowest BCUT2D eigenvalue weighted by molar-refractivity contribution is 0.0497. The maximum Gasteiger partial charge on any atom is 0.339 e. The van der Waals surface area contributed by atoms with Crippen LogP contribution in [0.3, 0.4) is 0 Å². The first-order chi connectivity index (χ1) is 8.24. The first kappa shape index (κ1) is 13.5. The van der Waals surface area contributed by atoms with E-state index in [-0.39, 0.29) is 5.97 Å². The van der Waals surface area contributed by atoms with Crippen LogP contribution in [0, 0.1) is 0 Å². The Labute approximate surface area is 102 Å². The molecule has 0 saturated carbocycles. The van der Waals surface area contributed by atoms with Crippen molar-refractivity contribution in [3.8, 4) is 0 Å². The number of nitrogens with two attached hydrogens (primary N) is 1. The molecule has 4 heteroatoms. The molecule has 0 atom stereocenters. The predicted octanol–water partition coefficient (Wildman–Crippen LogP) is 2.79. The molecule has 0 aliphatic heterocycles. The van der Waals surface area contributed by atoms with Gasteiger partial charge in [0.1, 0.15) is 0 Å². The molecule has 4 nitrogen and oxygen atoms in total. The van der Waals surface area contributed by atoms with Gasteiger partial charge >= 0.3 is 5.97 Å². The molecular weight excluding hydrogens is 216 g/mol. The van der Waals surface area contributed by atoms with Crippen molar-refractivity contribution in [2.24, 2.45) is 0 Å². The van der Waals surface area contributed by atoms with Crippen LogP contribution in [0.25, 0.3) is 0 Å². The summed E-state index contributed by atoms with van der Waals surface area (Å²) < 4.78 is 5.13. The summed E-state index contributed by atoms with van der Waals surface area (Å²) in [4.78, 5) is 15.4. The molecule has 0 radical (unpaired) electrons. The number of pyridine rings is 1. The van der Waals surface area contributed by atoms with Crippen molar-refractivity contribution >= 4 is 11.7 Å². The van der Waals surface area contributed by atoms with E-state index in [0.29, 0.717) is 17.9 Å². The summed E-state index contributed by atoms with van der Waals surface area (Å²) in [5.74, 6) is -0.347. The zero-order valence-corrected chi connectivity index (χ0v) is 10.3. The highest BCUT2D eigenvalue weighted by Gasteiger charge is 2.07. The van der Waals surface area contributed by atoms with E-state index in [0.717, 1.165) is 12.8 Å². The molecule has 0 amide bonds. The fraction of sp³-hybridized carbons (Fsp3) is 0.538. The molecular formula is C13H20N2O2. The number of anilines is 1. The number of hydrogen-bond donors (Lipinski definition) is 1. The highest BCUT2D eigenvalue weighted by molar-refractivity contribution is 5.89. The van der Waals surface area contributed by atoms with Crippen LogP contribution < -0.4 is 5.73 Å². The average Bonchev–Trinajstić information content (AvgIpc) is 2.33. The number of esters is 1. The Hall–Kier alpha value is -1.58. The van der Waals surface area contributed by atoms with Crippen LogP contribution in [0.4, 0.5) is 5.69 Å². The van der Waals surface area contributed by atoms with E-state index in [9.17, 15) is 4.79 Å². The maximum atomic E-state index is 11.6. The quantitative estimate of drug-likeness (QED) is 0.584. The SMILES string of the molecule is CCCCCCCOC(=O)c1cncc(N)c1. The lowest BCUT2D eigenvalue weighted by Gasteiger charge is -2.04. The average molecular weight is 236 g/mol. The minimum Gasteiger partial charge on any atom is -0.462 e. The van der Waals surface area contributed by atoms with Gasteiger partial charge in [-0.3, -0.25) is 4.98 Å². The van der Waals surface area contributed by atoms with Crippen molar-refractivity contribution in [1.29, 1.82) is 0 Å². The molecule has 1 rings (SSSR count). The van der Waals surface area contributed by atoms with Crippen molar-refractivity contribution in [3.05, 3.63) is 24.0 Å². The number of unbranched alkanes of at least 4 members (excludes halogenated alkanes) is 4. The van der Waals surface area contributed by atoms with Gasteiger partial charge in [-0.1, -0.05) is 32.6 Å². The van der Waals surface area contributed by atoms with Crippen LogP contribution in [0.2, 0.25) is 0 Å². The first-order valence-corrected chi connectivity index (χ1v) is 6.11. The highest BCUT2D eigenvalue weighted by atomic mass is 16.5. The zero-order valence-electron chi connectivity index (χ0n) is 10.3. The fourth-order valence-electron chi connectivity index (χ4n) is 1.52. The number of aromatic nitrogens is 1. The molecule has 94 valence electrons. The molecule has 0 unspecified atom stereocenters. The zero-order chi connectivity index (χ0) is 12.5. The minimum absolute atomic E-state index is 0.347. The van der Waals surface area contributed by atoms with Crippen LogP contribution in [0.5, 0.6) is 0 Å². The normalized spacial score (nSPS) is 10.2. The summed E-state index contributed by atoms with van der Waals surface area (Å²) in [5, 5.41) is 0. The van der Waals surface area contributed by atoms with Gasteiger partial charge in [0.25, 0.3) is 0 Å². The summed E-state index contributed by atoms with van der Waals surface area (Å²) in [6.07, 6.45) is 8.66. The Morgan fingerprint density at radius 2 is 2.06 bits per heavy atom. The second kappa shape index (κ2) is 7.65. The number of carbonyl (C=O) groups is 1. The third kappa shape index (κ3) is 5.33. The fourth-order valence-corrected chi connectivity index (χ4v) is 1.52. The van der Waals surface area contributed by atoms with Crippen LogP contribution in [-0.4, -0.2) is 17.6 Å². The van der Waals surface area contributed by atoms with Crippen LogP contribution >= 0.6 is 0 Å². The summed E-state index contributed by atoms with van der Waals surface area (Å²) in [6, 6.07) is 1.58. The molecule has 17 heavy (non-hydrogen) atoms. The molecule has 0 spiro atoms. The van der Waals surface area contributed by atoms with Crippen LogP contribution in [0.15, 0.2) is 18.5 Å². The monoisotopic (exact) mass is 236 g/mol. The third-order valence-corrected chi connectivity index (χ3v) is 2.48. The van der Waals surface area contributed by atoms with E-state index < -0.39 is 0 Å². The summed E-state index contributed by atoms with van der Waals surface area (Å²) >= 11 is 0. The molecule has 0 bridgehead atoms. The number of carbonyl (C=O) groups excluding carboxylic acids is 1. The number of ether oxygens (including phenoxy) is 1. The van der Waals surface area contributed by atoms with Gasteiger partial charge < -0.3 is 10.5 Å². The summed E-state index contributed by atoms with van der Waals surface area (Å²) in [7, 11) is 0. The van der Waals surface area contributed by atoms with Crippen molar-refractivity contribution in [3.63, 3.8) is 0 Å². The lowest BCUT2D eigenvalue weighted by Crippen LogP contribution is -2.07. The molecule has 1 aromatic rings. The smallest absolute Gasteiger partial charge is 0.339 e. The second-order valence-electron chi connectivity index (χ2n) is 4.06. The number of rotatable bonds is 7. The van der Waals surface area contributed by atoms with Crippen LogP contribution in [-0.2, 0) is 4.74 Å². The first-order valence-electron chi connectivity index (χ1n) is 6.11. The molecule has 0 aromatic carbocycles. The Kier molecular flexibility index (Phi) is 6.07. The molecule has 0 saturated heterocycles. The van der Waals surface area contributed by atoms with E-state index in [1.165, 1.54) is 31.7 Å². The van der Waals surface area contributed by atoms with E-state index in [2.05, 4.69) is 11.9 Å². The van der Waals surface area contributed by atoms with Gasteiger partial charge in [0.15, 0.2) is 0 Å². The van der Waals surface area contributed by atoms with Crippen molar-refractivity contribution in [1.82, 2.24) is 4.98 Å². The Balaban J connectivity index is 2.21. The summed E-state index contributed by atoms with van der Waals surface area (Å²) in [5.41, 5.74) is 6.43. The van der Waals surface area contributed by atoms with E-state index in [1.807, 2.05) is 0 Å². The van der Waals surface area contributed by atoms with Gasteiger partial charge in [0.05, 0.1) is 17.9 Å². The maximum absolute atomic E-state index is 11.6. The molecule has 1 heterocycles. The van der Waals surface area contributed by atoms with Gasteiger partial charge in [0, 0.05) is 12.4 Å². The molecule has 0 aliphatic carbocycles. The molecule has 1 aromatic heterocycles. The Morgan fingerprint density at radius 1 is 1.29 bits per heavy atom. The highest BCUT2D eigenvalue weighted by Crippen LogP contribution is 2.07. The largest absolute Gasteiger partial charge is 0.462 e. The van der Waals surface area contributed by atoms with Gasteiger partial charge in [-0.05, 0) is 12.5 Å². The number of hydrogen-bond acceptors (Lipinski definition) is 4. The van der Waals surface area contributed by atoms with Crippen molar-refractivity contribution < 1.29 is 9.53 Å². The van der Waals surface area contributed by atoms with Gasteiger partial charge in [0.2, 0.25) is 0 Å². The third-order valence-electron chi connectivity index (χ3n) is 2.48. The van der Waals surface area contributed by atoms with Gasteiger partial charge in [-0.25, -0.2) is 4.79 Å². The van der Waals surface area contributed by atoms with Crippen molar-refractivity contribution in [2.45, 2.75) is 39.0 Å². The molecule has 0 aliphatic rings. The van der Waals surface area contributed by atoms with Crippen molar-refractivity contribution in [2.75, 3.05) is 12.3 Å². The topological polar surface area (TPSA) is 65.2 Å². The van der Waals surface area contributed by atoms with Gasteiger partial charge in [-0.2, -0.15) is 0 Å². The Morgan fingerprint density at radius 3 is 2.76 bits per heavy atom.